The van der Waals surface area contributed by atoms with Gasteiger partial charge in [-0.25, -0.2) is 8.42 Å². The molecule has 2 atom stereocenters. The minimum atomic E-state index is -3.17. The second kappa shape index (κ2) is 5.34. The summed E-state index contributed by atoms with van der Waals surface area (Å²) in [6.45, 7) is 3.45. The van der Waals surface area contributed by atoms with Gasteiger partial charge in [0, 0.05) is 18.1 Å². The van der Waals surface area contributed by atoms with Gasteiger partial charge in [-0.05, 0) is 39.5 Å². The monoisotopic (exact) mass is 327 g/mol. The van der Waals surface area contributed by atoms with E-state index in [4.69, 9.17) is 4.52 Å². The minimum absolute atomic E-state index is 0.00306. The molecule has 3 rings (SSSR count). The van der Waals surface area contributed by atoms with Gasteiger partial charge in [-0.3, -0.25) is 4.79 Å². The molecule has 1 aromatic heterocycles. The molecule has 0 aromatic carbocycles. The zero-order valence-corrected chi connectivity index (χ0v) is 13.8. The molecule has 22 heavy (non-hydrogen) atoms. The van der Waals surface area contributed by atoms with Crippen molar-refractivity contribution in [3.8, 4) is 0 Å². The Bertz CT molecular complexity index is 663. The summed E-state index contributed by atoms with van der Waals surface area (Å²) in [5.74, 6) is 0.319. The molecule has 0 saturated carbocycles. The summed E-state index contributed by atoms with van der Waals surface area (Å²) in [4.78, 5) is 12.4. The quantitative estimate of drug-likeness (QED) is 0.893. The summed E-state index contributed by atoms with van der Waals surface area (Å²) >= 11 is 0. The fourth-order valence-electron chi connectivity index (χ4n) is 3.86. The minimum Gasteiger partial charge on any atom is -0.361 e. The van der Waals surface area contributed by atoms with Crippen LogP contribution >= 0.6 is 0 Å². The van der Waals surface area contributed by atoms with Crippen molar-refractivity contribution in [3.63, 3.8) is 0 Å². The first kappa shape index (κ1) is 15.5. The van der Waals surface area contributed by atoms with Crippen molar-refractivity contribution in [1.29, 1.82) is 0 Å². The fourth-order valence-corrected chi connectivity index (χ4v) is 5.32. The van der Waals surface area contributed by atoms with Gasteiger partial charge in [0.1, 0.15) is 11.3 Å². The average molecular weight is 327 g/mol. The van der Waals surface area contributed by atoms with Crippen molar-refractivity contribution < 1.29 is 17.7 Å². The van der Waals surface area contributed by atoms with Gasteiger partial charge in [-0.1, -0.05) is 5.16 Å². The number of carbonyl (C=O) groups excluding carboxylic acids is 1. The first-order chi connectivity index (χ1) is 10.3. The van der Waals surface area contributed by atoms with Gasteiger partial charge in [0.15, 0.2) is 0 Å². The Morgan fingerprint density at radius 1 is 1.27 bits per heavy atom. The molecule has 1 amide bonds. The van der Waals surface area contributed by atoms with Crippen molar-refractivity contribution in [2.24, 2.45) is 0 Å². The first-order valence-corrected chi connectivity index (χ1v) is 9.34. The first-order valence-electron chi connectivity index (χ1n) is 7.49. The highest BCUT2D eigenvalue weighted by atomic mass is 32.2. The van der Waals surface area contributed by atoms with Crippen molar-refractivity contribution in [2.75, 3.05) is 6.26 Å². The van der Waals surface area contributed by atoms with Crippen LogP contribution in [0.15, 0.2) is 4.52 Å². The molecule has 1 aromatic rings. The lowest BCUT2D eigenvalue weighted by Crippen LogP contribution is -2.52. The van der Waals surface area contributed by atoms with Gasteiger partial charge in [0.2, 0.25) is 10.0 Å². The molecular formula is C14H21N3O4S. The molecule has 0 spiro atoms. The molecule has 3 heterocycles. The molecular weight excluding hydrogens is 306 g/mol. The number of nitrogens with zero attached hydrogens (tertiary/aromatic N) is 2. The average Bonchev–Trinajstić information content (AvgIpc) is 2.87. The van der Waals surface area contributed by atoms with Gasteiger partial charge < -0.3 is 9.84 Å². The zero-order chi connectivity index (χ0) is 16.1. The van der Waals surface area contributed by atoms with E-state index >= 15 is 0 Å². The van der Waals surface area contributed by atoms with Crippen LogP contribution in [-0.4, -0.2) is 48.2 Å². The number of nitrogens with one attached hydrogen (secondary N) is 1. The van der Waals surface area contributed by atoms with Crippen LogP contribution < -0.4 is 5.32 Å². The van der Waals surface area contributed by atoms with Gasteiger partial charge >= 0.3 is 0 Å². The predicted octanol–water partition coefficient (Wildman–Crippen LogP) is 0.976. The molecule has 2 saturated heterocycles. The maximum atomic E-state index is 12.4. The topological polar surface area (TPSA) is 92.5 Å². The summed E-state index contributed by atoms with van der Waals surface area (Å²) in [7, 11) is -3.17. The highest BCUT2D eigenvalue weighted by Crippen LogP contribution is 2.37. The van der Waals surface area contributed by atoms with E-state index in [1.54, 1.807) is 18.2 Å². The fraction of sp³-hybridized carbons (Fsp3) is 0.714. The molecule has 2 bridgehead atoms. The maximum absolute atomic E-state index is 12.4. The van der Waals surface area contributed by atoms with E-state index in [0.717, 1.165) is 12.8 Å². The third kappa shape index (κ3) is 2.65. The van der Waals surface area contributed by atoms with Crippen LogP contribution in [0.3, 0.4) is 0 Å². The molecule has 122 valence electrons. The molecule has 2 unspecified atom stereocenters. The number of amides is 1. The third-order valence-corrected chi connectivity index (χ3v) is 6.01. The van der Waals surface area contributed by atoms with Crippen molar-refractivity contribution in [1.82, 2.24) is 14.8 Å². The maximum Gasteiger partial charge on any atom is 0.257 e. The SMILES string of the molecule is Cc1noc(C)c1C(=O)NC1CC2CCC(C1)N2S(C)(=O)=O. The summed E-state index contributed by atoms with van der Waals surface area (Å²) in [5.41, 5.74) is 1.06. The van der Waals surface area contributed by atoms with Crippen molar-refractivity contribution >= 4 is 15.9 Å². The normalized spacial score (nSPS) is 28.8. The van der Waals surface area contributed by atoms with Gasteiger partial charge in [0.25, 0.3) is 5.91 Å². The van der Waals surface area contributed by atoms with Crippen molar-refractivity contribution in [2.45, 2.75) is 57.7 Å². The Kier molecular flexibility index (Phi) is 3.76. The lowest BCUT2D eigenvalue weighted by Gasteiger charge is -2.37. The van der Waals surface area contributed by atoms with Crippen LogP contribution in [-0.2, 0) is 10.0 Å². The smallest absolute Gasteiger partial charge is 0.257 e. The molecule has 0 radical (unpaired) electrons. The Morgan fingerprint density at radius 3 is 2.32 bits per heavy atom. The Labute approximate surface area is 130 Å². The number of carbonyl (C=O) groups is 1. The summed E-state index contributed by atoms with van der Waals surface area (Å²) < 4.78 is 30.4. The molecule has 2 fully saturated rings. The molecule has 7 nitrogen and oxygen atoms in total. The second-order valence-corrected chi connectivity index (χ2v) is 8.21. The number of rotatable bonds is 3. The standard InChI is InChI=1S/C14H21N3O4S/c1-8-13(9(2)21-16-8)14(18)15-10-6-11-4-5-12(7-10)17(11)22(3,19)20/h10-12H,4-7H2,1-3H3,(H,15,18). The highest BCUT2D eigenvalue weighted by Gasteiger charge is 2.45. The molecule has 2 aliphatic heterocycles. The summed E-state index contributed by atoms with van der Waals surface area (Å²) in [6, 6.07) is 0.00383. The molecule has 1 N–H and O–H groups in total. The van der Waals surface area contributed by atoms with E-state index in [1.165, 1.54) is 6.26 Å². The number of fused-ring (bicyclic) bond motifs is 2. The van der Waals surface area contributed by atoms with Gasteiger partial charge in [-0.2, -0.15) is 4.31 Å². The lowest BCUT2D eigenvalue weighted by molar-refractivity contribution is 0.0907. The molecule has 8 heteroatoms. The van der Waals surface area contributed by atoms with Crippen LogP contribution in [0.4, 0.5) is 0 Å². The molecule has 2 aliphatic rings. The van der Waals surface area contributed by atoms with E-state index in [0.29, 0.717) is 29.9 Å². The Hall–Kier alpha value is -1.41. The van der Waals surface area contributed by atoms with Crippen molar-refractivity contribution in [3.05, 3.63) is 17.0 Å². The third-order valence-electron chi connectivity index (χ3n) is 4.64. The summed E-state index contributed by atoms with van der Waals surface area (Å²) in [5, 5.41) is 6.81. The highest BCUT2D eigenvalue weighted by molar-refractivity contribution is 7.88. The van der Waals surface area contributed by atoms with E-state index in [9.17, 15) is 13.2 Å². The zero-order valence-electron chi connectivity index (χ0n) is 13.0. The van der Waals surface area contributed by atoms with E-state index < -0.39 is 10.0 Å². The van der Waals surface area contributed by atoms with Crippen LogP contribution in [0.1, 0.15) is 47.5 Å². The Balaban J connectivity index is 1.71. The van der Waals surface area contributed by atoms with Crippen LogP contribution in [0.2, 0.25) is 0 Å². The lowest BCUT2D eigenvalue weighted by atomic mass is 9.99. The number of hydrogen-bond donors (Lipinski definition) is 1. The number of aromatic nitrogens is 1. The largest absolute Gasteiger partial charge is 0.361 e. The van der Waals surface area contributed by atoms with Crippen LogP contribution in [0.5, 0.6) is 0 Å². The number of aryl methyl sites for hydroxylation is 2. The Morgan fingerprint density at radius 2 is 1.86 bits per heavy atom. The predicted molar refractivity (Wildman–Crippen MR) is 80.0 cm³/mol. The summed E-state index contributed by atoms with van der Waals surface area (Å²) in [6.07, 6.45) is 4.34. The van der Waals surface area contributed by atoms with Crippen LogP contribution in [0.25, 0.3) is 0 Å². The van der Waals surface area contributed by atoms with Gasteiger partial charge in [0.05, 0.1) is 11.9 Å². The van der Waals surface area contributed by atoms with E-state index in [1.807, 2.05) is 0 Å². The van der Waals surface area contributed by atoms with Gasteiger partial charge in [-0.15, -0.1) is 0 Å². The van der Waals surface area contributed by atoms with E-state index in [-0.39, 0.29) is 24.0 Å². The second-order valence-electron chi connectivity index (χ2n) is 6.32. The molecule has 0 aliphatic carbocycles. The number of sulfonamides is 1. The van der Waals surface area contributed by atoms with Crippen LogP contribution in [0, 0.1) is 13.8 Å². The number of hydrogen-bond acceptors (Lipinski definition) is 5. The van der Waals surface area contributed by atoms with E-state index in [2.05, 4.69) is 10.5 Å². The number of piperidine rings is 1.